The van der Waals surface area contributed by atoms with Crippen molar-refractivity contribution in [3.05, 3.63) is 58.7 Å². The molecule has 0 atom stereocenters. The maximum Gasteiger partial charge on any atom is 0.123 e. The smallest absolute Gasteiger partial charge is 0.123 e. The third kappa shape index (κ3) is 2.48. The SMILES string of the molecule is Cc1cccc(CNc2c(C)cccc2C)c1O. The number of hydrogen-bond donors (Lipinski definition) is 2. The Kier molecular flexibility index (Phi) is 3.56. The number of phenols is 1. The molecule has 0 amide bonds. The number of para-hydroxylation sites is 2. The van der Waals surface area contributed by atoms with Gasteiger partial charge in [0, 0.05) is 17.8 Å². The van der Waals surface area contributed by atoms with E-state index >= 15 is 0 Å². The maximum atomic E-state index is 9.97. The molecule has 0 radical (unpaired) electrons. The molecule has 2 nitrogen and oxygen atoms in total. The molecular weight excluding hydrogens is 222 g/mol. The molecule has 18 heavy (non-hydrogen) atoms. The van der Waals surface area contributed by atoms with Gasteiger partial charge in [-0.1, -0.05) is 36.4 Å². The molecule has 0 saturated carbocycles. The molecule has 2 aromatic carbocycles. The topological polar surface area (TPSA) is 32.3 Å². The summed E-state index contributed by atoms with van der Waals surface area (Å²) >= 11 is 0. The number of anilines is 1. The van der Waals surface area contributed by atoms with Gasteiger partial charge in [0.15, 0.2) is 0 Å². The molecule has 2 N–H and O–H groups in total. The van der Waals surface area contributed by atoms with E-state index in [4.69, 9.17) is 0 Å². The van der Waals surface area contributed by atoms with Crippen molar-refractivity contribution in [3.8, 4) is 5.75 Å². The minimum Gasteiger partial charge on any atom is -0.507 e. The van der Waals surface area contributed by atoms with Gasteiger partial charge in [0.2, 0.25) is 0 Å². The normalized spacial score (nSPS) is 10.4. The largest absolute Gasteiger partial charge is 0.507 e. The molecule has 94 valence electrons. The lowest BCUT2D eigenvalue weighted by molar-refractivity contribution is 0.465. The van der Waals surface area contributed by atoms with Crippen molar-refractivity contribution in [3.63, 3.8) is 0 Å². The van der Waals surface area contributed by atoms with Gasteiger partial charge in [-0.05, 0) is 37.5 Å². The Bertz CT molecular complexity index is 541. The number of phenolic OH excluding ortho intramolecular Hbond substituents is 1. The predicted octanol–water partition coefficient (Wildman–Crippen LogP) is 3.93. The highest BCUT2D eigenvalue weighted by Crippen LogP contribution is 2.24. The summed E-state index contributed by atoms with van der Waals surface area (Å²) in [7, 11) is 0. The molecule has 0 aliphatic heterocycles. The predicted molar refractivity (Wildman–Crippen MR) is 76.1 cm³/mol. The minimum absolute atomic E-state index is 0.385. The molecule has 0 bridgehead atoms. The van der Waals surface area contributed by atoms with Crippen LogP contribution in [0.5, 0.6) is 5.75 Å². The summed E-state index contributed by atoms with van der Waals surface area (Å²) in [4.78, 5) is 0. The Morgan fingerprint density at radius 3 is 2.11 bits per heavy atom. The van der Waals surface area contributed by atoms with E-state index in [1.165, 1.54) is 11.1 Å². The minimum atomic E-state index is 0.385. The zero-order chi connectivity index (χ0) is 13.1. The number of aryl methyl sites for hydroxylation is 3. The van der Waals surface area contributed by atoms with Crippen LogP contribution in [0.3, 0.4) is 0 Å². The fourth-order valence-electron chi connectivity index (χ4n) is 2.14. The lowest BCUT2D eigenvalue weighted by Gasteiger charge is -2.14. The van der Waals surface area contributed by atoms with E-state index in [-0.39, 0.29) is 0 Å². The molecule has 0 unspecified atom stereocenters. The maximum absolute atomic E-state index is 9.97. The van der Waals surface area contributed by atoms with Crippen molar-refractivity contribution in [2.24, 2.45) is 0 Å². The molecule has 0 aliphatic rings. The van der Waals surface area contributed by atoms with Gasteiger partial charge in [-0.15, -0.1) is 0 Å². The van der Waals surface area contributed by atoms with Crippen molar-refractivity contribution < 1.29 is 5.11 Å². The van der Waals surface area contributed by atoms with Crippen LogP contribution in [0, 0.1) is 20.8 Å². The Balaban J connectivity index is 2.19. The van der Waals surface area contributed by atoms with Crippen LogP contribution in [0.25, 0.3) is 0 Å². The van der Waals surface area contributed by atoms with Gasteiger partial charge in [-0.25, -0.2) is 0 Å². The highest BCUT2D eigenvalue weighted by Gasteiger charge is 2.05. The van der Waals surface area contributed by atoms with E-state index in [2.05, 4.69) is 37.4 Å². The molecule has 0 aliphatic carbocycles. The fraction of sp³-hybridized carbons (Fsp3) is 0.250. The highest BCUT2D eigenvalue weighted by molar-refractivity contribution is 5.57. The van der Waals surface area contributed by atoms with Gasteiger partial charge in [0.05, 0.1) is 0 Å². The first-order valence-electron chi connectivity index (χ1n) is 6.17. The average molecular weight is 241 g/mol. The van der Waals surface area contributed by atoms with E-state index in [9.17, 15) is 5.11 Å². The lowest BCUT2D eigenvalue weighted by atomic mass is 10.1. The Labute approximate surface area is 108 Å². The fourth-order valence-corrected chi connectivity index (χ4v) is 2.14. The molecule has 0 saturated heterocycles. The van der Waals surface area contributed by atoms with Crippen LogP contribution in [0.15, 0.2) is 36.4 Å². The summed E-state index contributed by atoms with van der Waals surface area (Å²) in [5.41, 5.74) is 5.44. The first kappa shape index (κ1) is 12.5. The van der Waals surface area contributed by atoms with Crippen LogP contribution < -0.4 is 5.32 Å². The second kappa shape index (κ2) is 5.13. The van der Waals surface area contributed by atoms with Gasteiger partial charge >= 0.3 is 0 Å². The molecule has 0 fully saturated rings. The number of hydrogen-bond acceptors (Lipinski definition) is 2. The Morgan fingerprint density at radius 2 is 1.44 bits per heavy atom. The molecule has 0 aromatic heterocycles. The van der Waals surface area contributed by atoms with Gasteiger partial charge in [0.1, 0.15) is 5.75 Å². The van der Waals surface area contributed by atoms with Crippen molar-refractivity contribution in [1.29, 1.82) is 0 Å². The standard InChI is InChI=1S/C16H19NO/c1-11-6-4-7-12(2)15(11)17-10-14-9-5-8-13(3)16(14)18/h4-9,17-18H,10H2,1-3H3. The van der Waals surface area contributed by atoms with Crippen LogP contribution in [0.2, 0.25) is 0 Å². The summed E-state index contributed by atoms with van der Waals surface area (Å²) in [6.45, 7) is 6.73. The van der Waals surface area contributed by atoms with Gasteiger partial charge in [0.25, 0.3) is 0 Å². The molecular formula is C16H19NO. The van der Waals surface area contributed by atoms with Crippen molar-refractivity contribution in [2.75, 3.05) is 5.32 Å². The van der Waals surface area contributed by atoms with Crippen LogP contribution in [-0.2, 0) is 6.54 Å². The van der Waals surface area contributed by atoms with Crippen molar-refractivity contribution in [2.45, 2.75) is 27.3 Å². The van der Waals surface area contributed by atoms with Crippen LogP contribution in [0.4, 0.5) is 5.69 Å². The quantitative estimate of drug-likeness (QED) is 0.853. The van der Waals surface area contributed by atoms with Gasteiger partial charge in [-0.3, -0.25) is 0 Å². The molecule has 2 heteroatoms. The number of benzene rings is 2. The van der Waals surface area contributed by atoms with E-state index in [0.29, 0.717) is 12.3 Å². The number of rotatable bonds is 3. The van der Waals surface area contributed by atoms with Gasteiger partial charge in [-0.2, -0.15) is 0 Å². The summed E-state index contributed by atoms with van der Waals surface area (Å²) in [5.74, 6) is 0.385. The van der Waals surface area contributed by atoms with Crippen molar-refractivity contribution >= 4 is 5.69 Å². The van der Waals surface area contributed by atoms with Gasteiger partial charge < -0.3 is 10.4 Å². The third-order valence-corrected chi connectivity index (χ3v) is 3.26. The number of aromatic hydroxyl groups is 1. The van der Waals surface area contributed by atoms with Crippen LogP contribution in [-0.4, -0.2) is 5.11 Å². The second-order valence-corrected chi connectivity index (χ2v) is 4.70. The second-order valence-electron chi connectivity index (χ2n) is 4.70. The summed E-state index contributed by atoms with van der Waals surface area (Å²) in [6.07, 6.45) is 0. The summed E-state index contributed by atoms with van der Waals surface area (Å²) < 4.78 is 0. The number of nitrogens with one attached hydrogen (secondary N) is 1. The zero-order valence-corrected chi connectivity index (χ0v) is 11.1. The highest BCUT2D eigenvalue weighted by atomic mass is 16.3. The molecule has 2 rings (SSSR count). The van der Waals surface area contributed by atoms with E-state index in [1.807, 2.05) is 25.1 Å². The summed E-state index contributed by atoms with van der Waals surface area (Å²) in [6, 6.07) is 12.1. The first-order valence-corrected chi connectivity index (χ1v) is 6.17. The zero-order valence-electron chi connectivity index (χ0n) is 11.1. The Morgan fingerprint density at radius 1 is 0.889 bits per heavy atom. The van der Waals surface area contributed by atoms with Crippen molar-refractivity contribution in [1.82, 2.24) is 0 Å². The van der Waals surface area contributed by atoms with Crippen LogP contribution in [0.1, 0.15) is 22.3 Å². The summed E-state index contributed by atoms with van der Waals surface area (Å²) in [5, 5.41) is 13.4. The molecule has 2 aromatic rings. The monoisotopic (exact) mass is 241 g/mol. The third-order valence-electron chi connectivity index (χ3n) is 3.26. The van der Waals surface area contributed by atoms with E-state index in [1.54, 1.807) is 0 Å². The lowest BCUT2D eigenvalue weighted by Crippen LogP contribution is -2.03. The van der Waals surface area contributed by atoms with E-state index in [0.717, 1.165) is 16.8 Å². The Hall–Kier alpha value is -1.96. The van der Waals surface area contributed by atoms with E-state index < -0.39 is 0 Å². The average Bonchev–Trinajstić information content (AvgIpc) is 2.33. The molecule has 0 heterocycles. The van der Waals surface area contributed by atoms with Crippen LogP contribution >= 0.6 is 0 Å². The first-order chi connectivity index (χ1) is 8.59. The molecule has 0 spiro atoms.